The lowest BCUT2D eigenvalue weighted by Gasteiger charge is -2.27. The van der Waals surface area contributed by atoms with Gasteiger partial charge in [0.15, 0.2) is 0 Å². The molecule has 134 valence electrons. The second-order valence-corrected chi connectivity index (χ2v) is 6.29. The molecule has 0 saturated carbocycles. The summed E-state index contributed by atoms with van der Waals surface area (Å²) in [6.07, 6.45) is -1.42. The van der Waals surface area contributed by atoms with E-state index in [1.165, 1.54) is 13.8 Å². The summed E-state index contributed by atoms with van der Waals surface area (Å²) >= 11 is 0. The Hall–Kier alpha value is -2.06. The summed E-state index contributed by atoms with van der Waals surface area (Å²) in [7, 11) is 0. The Morgan fingerprint density at radius 3 is 2.50 bits per heavy atom. The van der Waals surface area contributed by atoms with Crippen molar-refractivity contribution in [3.63, 3.8) is 0 Å². The molecule has 0 aliphatic carbocycles. The van der Waals surface area contributed by atoms with Crippen LogP contribution in [0.25, 0.3) is 0 Å². The fourth-order valence-electron chi connectivity index (χ4n) is 1.82. The first-order chi connectivity index (χ1) is 11.1. The number of benzene rings is 1. The smallest absolute Gasteiger partial charge is 0.254 e. The highest BCUT2D eigenvalue weighted by molar-refractivity contribution is 5.94. The van der Waals surface area contributed by atoms with Gasteiger partial charge in [0, 0.05) is 18.0 Å². The van der Waals surface area contributed by atoms with Crippen LogP contribution >= 0.6 is 0 Å². The lowest BCUT2D eigenvalue weighted by Crippen LogP contribution is -2.49. The van der Waals surface area contributed by atoms with Crippen LogP contribution < -0.4 is 10.6 Å². The lowest BCUT2D eigenvalue weighted by atomic mass is 9.87. The molecule has 0 aliphatic heterocycles. The quantitative estimate of drug-likeness (QED) is 0.581. The zero-order valence-corrected chi connectivity index (χ0v) is 13.8. The predicted octanol–water partition coefficient (Wildman–Crippen LogP) is 0.579. The topological polar surface area (TPSA) is 98.7 Å². The monoisotopic (exact) mass is 344 g/mol. The SMILES string of the molecule is CC(CNC(=O)[C@H](O)C(C)(C)CO)NC(=O)c1cc(F)ccc1F. The zero-order chi connectivity index (χ0) is 18.5. The van der Waals surface area contributed by atoms with Crippen molar-refractivity contribution in [2.45, 2.75) is 32.9 Å². The van der Waals surface area contributed by atoms with Gasteiger partial charge in [0.1, 0.15) is 17.7 Å². The van der Waals surface area contributed by atoms with Crippen molar-refractivity contribution in [3.05, 3.63) is 35.4 Å². The van der Waals surface area contributed by atoms with Crippen LogP contribution in [0.4, 0.5) is 8.78 Å². The highest BCUT2D eigenvalue weighted by Crippen LogP contribution is 2.19. The van der Waals surface area contributed by atoms with Gasteiger partial charge in [0.2, 0.25) is 5.91 Å². The van der Waals surface area contributed by atoms with Gasteiger partial charge in [-0.3, -0.25) is 9.59 Å². The maximum Gasteiger partial charge on any atom is 0.254 e. The average Bonchev–Trinajstić information content (AvgIpc) is 2.53. The van der Waals surface area contributed by atoms with Gasteiger partial charge < -0.3 is 20.8 Å². The maximum absolute atomic E-state index is 13.5. The first-order valence-corrected chi connectivity index (χ1v) is 7.41. The van der Waals surface area contributed by atoms with Gasteiger partial charge in [0.25, 0.3) is 5.91 Å². The first-order valence-electron chi connectivity index (χ1n) is 7.41. The molecule has 0 bridgehead atoms. The molecule has 8 heteroatoms. The van der Waals surface area contributed by atoms with Gasteiger partial charge in [-0.25, -0.2) is 8.78 Å². The number of hydrogen-bond acceptors (Lipinski definition) is 4. The fraction of sp³-hybridized carbons (Fsp3) is 0.500. The summed E-state index contributed by atoms with van der Waals surface area (Å²) in [6.45, 7) is 4.19. The fourth-order valence-corrected chi connectivity index (χ4v) is 1.82. The van der Waals surface area contributed by atoms with Crippen molar-refractivity contribution in [1.29, 1.82) is 0 Å². The molecule has 1 aromatic carbocycles. The van der Waals surface area contributed by atoms with E-state index in [1.807, 2.05) is 0 Å². The van der Waals surface area contributed by atoms with E-state index in [2.05, 4.69) is 10.6 Å². The third-order valence-corrected chi connectivity index (χ3v) is 3.53. The average molecular weight is 344 g/mol. The van der Waals surface area contributed by atoms with Crippen molar-refractivity contribution in [2.75, 3.05) is 13.2 Å². The number of aliphatic hydroxyl groups excluding tert-OH is 2. The molecule has 0 radical (unpaired) electrons. The largest absolute Gasteiger partial charge is 0.396 e. The molecule has 2 amide bonds. The van der Waals surface area contributed by atoms with Crippen LogP contribution in [0.15, 0.2) is 18.2 Å². The molecule has 0 spiro atoms. The highest BCUT2D eigenvalue weighted by atomic mass is 19.1. The Kier molecular flexibility index (Phi) is 6.80. The molecule has 1 aromatic rings. The van der Waals surface area contributed by atoms with Gasteiger partial charge >= 0.3 is 0 Å². The van der Waals surface area contributed by atoms with Crippen molar-refractivity contribution in [3.8, 4) is 0 Å². The summed E-state index contributed by atoms with van der Waals surface area (Å²) in [5.74, 6) is -3.11. The molecule has 6 nitrogen and oxygen atoms in total. The van der Waals surface area contributed by atoms with E-state index in [1.54, 1.807) is 6.92 Å². The Balaban J connectivity index is 2.57. The number of carbonyl (C=O) groups excluding carboxylic acids is 2. The number of carbonyl (C=O) groups is 2. The Bertz CT molecular complexity index is 608. The van der Waals surface area contributed by atoms with E-state index in [-0.39, 0.29) is 13.2 Å². The summed E-state index contributed by atoms with van der Waals surface area (Å²) < 4.78 is 26.6. The van der Waals surface area contributed by atoms with Crippen LogP contribution in [0.3, 0.4) is 0 Å². The predicted molar refractivity (Wildman–Crippen MR) is 83.2 cm³/mol. The summed E-state index contributed by atoms with van der Waals surface area (Å²) in [6, 6.07) is 1.95. The lowest BCUT2D eigenvalue weighted by molar-refractivity contribution is -0.137. The molecule has 2 atom stereocenters. The van der Waals surface area contributed by atoms with Crippen LogP contribution in [0.5, 0.6) is 0 Å². The maximum atomic E-state index is 13.5. The highest BCUT2D eigenvalue weighted by Gasteiger charge is 2.33. The number of halogens is 2. The van der Waals surface area contributed by atoms with Gasteiger partial charge in [-0.05, 0) is 25.1 Å². The molecular formula is C16H22F2N2O4. The summed E-state index contributed by atoms with van der Waals surface area (Å²) in [5, 5.41) is 23.8. The van der Waals surface area contributed by atoms with Crippen molar-refractivity contribution in [2.24, 2.45) is 5.41 Å². The van der Waals surface area contributed by atoms with Gasteiger partial charge in [-0.15, -0.1) is 0 Å². The minimum Gasteiger partial charge on any atom is -0.396 e. The van der Waals surface area contributed by atoms with E-state index in [0.29, 0.717) is 0 Å². The third-order valence-electron chi connectivity index (χ3n) is 3.53. The minimum absolute atomic E-state index is 0.0277. The molecule has 1 rings (SSSR count). The number of amides is 2. The van der Waals surface area contributed by atoms with Crippen LogP contribution in [-0.4, -0.2) is 47.3 Å². The standard InChI is InChI=1S/C16H22F2N2O4/c1-9(7-19-15(24)13(22)16(2,3)8-21)20-14(23)11-6-10(17)4-5-12(11)18/h4-6,9,13,21-22H,7-8H2,1-3H3,(H,19,24)(H,20,23)/t9?,13-/m0/s1. The van der Waals surface area contributed by atoms with E-state index in [4.69, 9.17) is 5.11 Å². The second-order valence-electron chi connectivity index (χ2n) is 6.29. The molecule has 0 aliphatic rings. The van der Waals surface area contributed by atoms with Gasteiger partial charge in [-0.1, -0.05) is 13.8 Å². The first kappa shape index (κ1) is 20.0. The van der Waals surface area contributed by atoms with E-state index in [0.717, 1.165) is 18.2 Å². The minimum atomic E-state index is -1.42. The van der Waals surface area contributed by atoms with E-state index >= 15 is 0 Å². The number of hydrogen-bond donors (Lipinski definition) is 4. The normalized spacial score (nSPS) is 14.0. The number of nitrogens with one attached hydrogen (secondary N) is 2. The van der Waals surface area contributed by atoms with Crippen LogP contribution in [0.2, 0.25) is 0 Å². The Morgan fingerprint density at radius 2 is 1.92 bits per heavy atom. The molecule has 4 N–H and O–H groups in total. The molecule has 0 aromatic heterocycles. The molecular weight excluding hydrogens is 322 g/mol. The second kappa shape index (κ2) is 8.16. The van der Waals surface area contributed by atoms with Crippen LogP contribution in [0.1, 0.15) is 31.1 Å². The molecule has 0 fully saturated rings. The van der Waals surface area contributed by atoms with Crippen molar-refractivity contribution >= 4 is 11.8 Å². The van der Waals surface area contributed by atoms with Crippen molar-refractivity contribution in [1.82, 2.24) is 10.6 Å². The zero-order valence-electron chi connectivity index (χ0n) is 13.8. The Labute approximate surface area is 138 Å². The van der Waals surface area contributed by atoms with Crippen LogP contribution in [0, 0.1) is 17.0 Å². The van der Waals surface area contributed by atoms with Crippen LogP contribution in [-0.2, 0) is 4.79 Å². The number of rotatable bonds is 7. The van der Waals surface area contributed by atoms with Gasteiger partial charge in [-0.2, -0.15) is 0 Å². The van der Waals surface area contributed by atoms with E-state index in [9.17, 15) is 23.5 Å². The van der Waals surface area contributed by atoms with Gasteiger partial charge in [0.05, 0.1) is 12.2 Å². The van der Waals surface area contributed by atoms with E-state index < -0.39 is 46.6 Å². The number of aliphatic hydroxyl groups is 2. The molecule has 0 heterocycles. The summed E-state index contributed by atoms with van der Waals surface area (Å²) in [4.78, 5) is 23.7. The Morgan fingerprint density at radius 1 is 1.29 bits per heavy atom. The third kappa shape index (κ3) is 5.24. The molecule has 0 saturated heterocycles. The molecule has 1 unspecified atom stereocenters. The van der Waals surface area contributed by atoms with Crippen molar-refractivity contribution < 1.29 is 28.6 Å². The molecule has 24 heavy (non-hydrogen) atoms. The summed E-state index contributed by atoms with van der Waals surface area (Å²) in [5.41, 5.74) is -1.45.